The van der Waals surface area contributed by atoms with Crippen molar-refractivity contribution in [3.8, 4) is 11.5 Å². The Kier molecular flexibility index (Phi) is 14.1. The van der Waals surface area contributed by atoms with E-state index in [4.69, 9.17) is 19.4 Å². The predicted molar refractivity (Wildman–Crippen MR) is 230 cm³/mol. The van der Waals surface area contributed by atoms with Gasteiger partial charge in [-0.05, 0) is 57.5 Å². The Morgan fingerprint density at radius 1 is 0.937 bits per heavy atom. The van der Waals surface area contributed by atoms with Gasteiger partial charge in [-0.15, -0.1) is 10.2 Å². The number of ether oxygens (including phenoxy) is 2. The third-order valence-electron chi connectivity index (χ3n) is 11.1. The van der Waals surface area contributed by atoms with E-state index in [1.54, 1.807) is 23.4 Å². The fraction of sp³-hybridized carbons (Fsp3) is 0.442. The van der Waals surface area contributed by atoms with Crippen LogP contribution in [0, 0.1) is 0 Å². The Morgan fingerprint density at radius 3 is 2.51 bits per heavy atom. The lowest BCUT2D eigenvalue weighted by atomic mass is 10.0. The van der Waals surface area contributed by atoms with Crippen molar-refractivity contribution in [3.05, 3.63) is 76.7 Å². The zero-order valence-electron chi connectivity index (χ0n) is 35.8. The molecular weight excluding hydrogens is 813 g/mol. The van der Waals surface area contributed by atoms with E-state index >= 15 is 0 Å². The molecule has 6 amide bonds. The first-order valence-electron chi connectivity index (χ1n) is 21.1. The maximum atomic E-state index is 13.9. The quantitative estimate of drug-likeness (QED) is 0.0692. The van der Waals surface area contributed by atoms with E-state index in [2.05, 4.69) is 45.3 Å². The van der Waals surface area contributed by atoms with Gasteiger partial charge in [0.25, 0.3) is 17.7 Å². The summed E-state index contributed by atoms with van der Waals surface area (Å²) in [5.41, 5.74) is 3.60. The van der Waals surface area contributed by atoms with E-state index in [1.165, 1.54) is 6.07 Å². The zero-order valence-corrected chi connectivity index (χ0v) is 35.8. The minimum Gasteiger partial charge on any atom is -0.382 e. The van der Waals surface area contributed by atoms with Crippen LogP contribution in [-0.2, 0) is 43.5 Å². The normalized spacial score (nSPS) is 15.9. The average Bonchev–Trinajstić information content (AvgIpc) is 3.97. The second-order valence-electron chi connectivity index (χ2n) is 15.5. The first-order valence-corrected chi connectivity index (χ1v) is 21.1. The van der Waals surface area contributed by atoms with Crippen molar-refractivity contribution in [1.29, 1.82) is 0 Å². The van der Waals surface area contributed by atoms with Crippen LogP contribution in [0.25, 0.3) is 11.5 Å². The van der Waals surface area contributed by atoms with Gasteiger partial charge < -0.3 is 34.9 Å². The van der Waals surface area contributed by atoms with E-state index in [9.17, 15) is 28.8 Å². The van der Waals surface area contributed by atoms with Crippen molar-refractivity contribution in [2.75, 3.05) is 68.2 Å². The van der Waals surface area contributed by atoms with Crippen molar-refractivity contribution in [2.24, 2.45) is 0 Å². The van der Waals surface area contributed by atoms with Crippen LogP contribution < -0.4 is 31.1 Å². The molecule has 4 N–H and O–H groups in total. The smallest absolute Gasteiger partial charge is 0.264 e. The molecule has 6 heterocycles. The molecule has 1 fully saturated rings. The summed E-state index contributed by atoms with van der Waals surface area (Å²) in [7, 11) is 1.95. The van der Waals surface area contributed by atoms with Crippen LogP contribution in [0.2, 0.25) is 0 Å². The SMILES string of the molecule is CCn1cnnc1-c1cccc(N2Cc3c(cc(N(C)C(C)C)nc3CNCCNC(=O)CCOCCOCCNc3cccc4c3C(=O)N(C3CCC(=O)NC3=O)C4=O)C2=O)n1. The third-order valence-corrected chi connectivity index (χ3v) is 11.1. The van der Waals surface area contributed by atoms with Crippen LogP contribution in [0.5, 0.6) is 0 Å². The topological polar surface area (TPSA) is 235 Å². The molecule has 3 aromatic heterocycles. The van der Waals surface area contributed by atoms with Crippen molar-refractivity contribution in [3.63, 3.8) is 0 Å². The maximum Gasteiger partial charge on any atom is 0.264 e. The molecule has 3 aliphatic rings. The van der Waals surface area contributed by atoms with Crippen LogP contribution in [0.15, 0.2) is 48.8 Å². The van der Waals surface area contributed by atoms with Crippen LogP contribution in [-0.4, -0.2) is 130 Å². The van der Waals surface area contributed by atoms with Gasteiger partial charge in [0.15, 0.2) is 5.82 Å². The van der Waals surface area contributed by atoms with Crippen molar-refractivity contribution in [1.82, 2.24) is 45.6 Å². The molecule has 0 radical (unpaired) electrons. The van der Waals surface area contributed by atoms with E-state index in [1.807, 2.05) is 47.7 Å². The summed E-state index contributed by atoms with van der Waals surface area (Å²) in [6.07, 6.45) is 1.95. The number of carbonyl (C=O) groups excluding carboxylic acids is 6. The number of pyridine rings is 2. The summed E-state index contributed by atoms with van der Waals surface area (Å²) in [6, 6.07) is 11.3. The van der Waals surface area contributed by atoms with E-state index < -0.39 is 29.7 Å². The highest BCUT2D eigenvalue weighted by atomic mass is 16.5. The molecule has 1 atom stereocenters. The number of imide groups is 2. The highest BCUT2D eigenvalue weighted by Gasteiger charge is 2.45. The molecule has 332 valence electrons. The van der Waals surface area contributed by atoms with Gasteiger partial charge in [0.2, 0.25) is 17.7 Å². The Morgan fingerprint density at radius 2 is 1.73 bits per heavy atom. The number of anilines is 3. The summed E-state index contributed by atoms with van der Waals surface area (Å²) < 4.78 is 13.1. The molecule has 63 heavy (non-hydrogen) atoms. The van der Waals surface area contributed by atoms with Gasteiger partial charge in [-0.1, -0.05) is 12.1 Å². The molecule has 20 heteroatoms. The van der Waals surface area contributed by atoms with Crippen LogP contribution >= 0.6 is 0 Å². The molecule has 3 aliphatic heterocycles. The fourth-order valence-electron chi connectivity index (χ4n) is 7.50. The number of carbonyl (C=O) groups is 6. The summed E-state index contributed by atoms with van der Waals surface area (Å²) in [4.78, 5) is 91.0. The average molecular weight is 865 g/mol. The molecule has 7 rings (SSSR count). The van der Waals surface area contributed by atoms with Gasteiger partial charge in [0, 0.05) is 69.9 Å². The molecule has 1 aromatic carbocycles. The van der Waals surface area contributed by atoms with Gasteiger partial charge in [-0.25, -0.2) is 9.97 Å². The van der Waals surface area contributed by atoms with Gasteiger partial charge in [-0.3, -0.25) is 43.9 Å². The van der Waals surface area contributed by atoms with Gasteiger partial charge in [0.1, 0.15) is 29.7 Å². The van der Waals surface area contributed by atoms with Crippen molar-refractivity contribution in [2.45, 2.75) is 71.8 Å². The molecule has 20 nitrogen and oxygen atoms in total. The minimum atomic E-state index is -1.04. The largest absolute Gasteiger partial charge is 0.382 e. The third kappa shape index (κ3) is 9.87. The summed E-state index contributed by atoms with van der Waals surface area (Å²) in [5.74, 6) is -0.730. The lowest BCUT2D eigenvalue weighted by molar-refractivity contribution is -0.136. The number of fused-ring (bicyclic) bond motifs is 2. The molecule has 1 unspecified atom stereocenters. The number of rotatable bonds is 21. The molecule has 1 saturated heterocycles. The number of nitrogens with zero attached hydrogens (tertiary/aromatic N) is 8. The highest BCUT2D eigenvalue weighted by Crippen LogP contribution is 2.34. The number of piperidine rings is 1. The van der Waals surface area contributed by atoms with Crippen molar-refractivity contribution >= 4 is 52.8 Å². The zero-order chi connectivity index (χ0) is 44.6. The van der Waals surface area contributed by atoms with Crippen LogP contribution in [0.3, 0.4) is 0 Å². The molecular formula is C43H52N12O8. The molecule has 4 aromatic rings. The van der Waals surface area contributed by atoms with Gasteiger partial charge in [-0.2, -0.15) is 0 Å². The second-order valence-corrected chi connectivity index (χ2v) is 15.5. The van der Waals surface area contributed by atoms with E-state index in [0.29, 0.717) is 73.7 Å². The Hall–Kier alpha value is -6.64. The lowest BCUT2D eigenvalue weighted by Gasteiger charge is -2.27. The summed E-state index contributed by atoms with van der Waals surface area (Å²) in [5, 5.41) is 19.8. The first-order chi connectivity index (χ1) is 30.5. The minimum absolute atomic E-state index is 0.0460. The Bertz CT molecular complexity index is 2380. The molecule has 0 aliphatic carbocycles. The summed E-state index contributed by atoms with van der Waals surface area (Å²) in [6.45, 7) is 9.74. The Labute approximate surface area is 364 Å². The maximum absolute atomic E-state index is 13.9. The fourth-order valence-corrected chi connectivity index (χ4v) is 7.50. The standard InChI is InChI=1S/C43H52N12O8/c1-5-53-25-47-51-39(53)31-10-7-11-34(48-31)54-24-29-28(41(54)59)22-35(52(4)26(2)3)49-32(29)23-44-15-16-46-36(56)14-18-62-20-21-63-19-17-45-30-9-6-8-27-38(30)43(61)55(42(27)60)33-12-13-37(57)50-40(33)58/h6-11,22,25-26,33,44-45H,5,12-21,23-24H2,1-4H3,(H,46,56)(H,50,57,58). The number of aryl methyl sites for hydroxylation is 1. The van der Waals surface area contributed by atoms with Gasteiger partial charge in [0.05, 0.1) is 55.4 Å². The van der Waals surface area contributed by atoms with E-state index in [-0.39, 0.29) is 74.7 Å². The highest BCUT2D eigenvalue weighted by molar-refractivity contribution is 6.25. The number of amides is 6. The van der Waals surface area contributed by atoms with Crippen molar-refractivity contribution < 1.29 is 38.2 Å². The van der Waals surface area contributed by atoms with Crippen LogP contribution in [0.4, 0.5) is 17.3 Å². The molecule has 0 saturated carbocycles. The van der Waals surface area contributed by atoms with E-state index in [0.717, 1.165) is 16.2 Å². The monoisotopic (exact) mass is 864 g/mol. The number of nitrogens with one attached hydrogen (secondary N) is 4. The van der Waals surface area contributed by atoms with Gasteiger partial charge >= 0.3 is 0 Å². The second kappa shape index (κ2) is 20.0. The number of hydrogen-bond acceptors (Lipinski definition) is 15. The molecule has 0 bridgehead atoms. The Balaban J connectivity index is 0.807. The molecule has 0 spiro atoms. The summed E-state index contributed by atoms with van der Waals surface area (Å²) >= 11 is 0. The number of benzene rings is 1. The first kappa shape index (κ1) is 44.4. The predicted octanol–water partition coefficient (Wildman–Crippen LogP) is 1.90. The van der Waals surface area contributed by atoms with Crippen LogP contribution in [0.1, 0.15) is 82.4 Å². The lowest BCUT2D eigenvalue weighted by Crippen LogP contribution is -2.54. The number of aromatic nitrogens is 5. The number of hydrogen-bond donors (Lipinski definition) is 4.